The number of hydrogen-bond donors (Lipinski definition) is 2. The van der Waals surface area contributed by atoms with Crippen LogP contribution in [0.1, 0.15) is 24.3 Å². The van der Waals surface area contributed by atoms with E-state index in [1.165, 1.54) is 24.0 Å². The molecule has 2 N–H and O–H groups in total. The van der Waals surface area contributed by atoms with E-state index >= 15 is 0 Å². The van der Waals surface area contributed by atoms with Crippen LogP contribution in [0.2, 0.25) is 0 Å². The highest BCUT2D eigenvalue weighted by Crippen LogP contribution is 2.31. The lowest BCUT2D eigenvalue weighted by Crippen LogP contribution is -2.26. The topological polar surface area (TPSA) is 49.8 Å². The lowest BCUT2D eigenvalue weighted by molar-refractivity contribution is 0.460. The summed E-state index contributed by atoms with van der Waals surface area (Å²) in [4.78, 5) is 10.1. The molecule has 1 saturated heterocycles. The largest absolute Gasteiger partial charge is 0.317 e. The molecule has 0 radical (unpaired) electrons. The molecule has 0 bridgehead atoms. The Balaban J connectivity index is 1.50. The van der Waals surface area contributed by atoms with Crippen LogP contribution < -0.4 is 10.6 Å². The number of anilines is 2. The van der Waals surface area contributed by atoms with Crippen LogP contribution in [0.5, 0.6) is 0 Å². The number of pyridine rings is 1. The van der Waals surface area contributed by atoms with Gasteiger partial charge >= 0.3 is 0 Å². The first-order valence-electron chi connectivity index (χ1n) is 8.33. The highest BCUT2D eigenvalue weighted by molar-refractivity contribution is 7.18. The summed E-state index contributed by atoms with van der Waals surface area (Å²) >= 11 is 1.65. The molecular formula is C19H20N4S. The van der Waals surface area contributed by atoms with Gasteiger partial charge in [-0.25, -0.2) is 9.97 Å². The second-order valence-electron chi connectivity index (χ2n) is 6.02. The van der Waals surface area contributed by atoms with Gasteiger partial charge in [0.25, 0.3) is 0 Å². The molecule has 1 aliphatic rings. The number of piperidine rings is 1. The summed E-state index contributed by atoms with van der Waals surface area (Å²) in [5.74, 6) is 1.51. The highest BCUT2D eigenvalue weighted by atomic mass is 32.1. The van der Waals surface area contributed by atoms with Crippen molar-refractivity contribution >= 4 is 22.3 Å². The van der Waals surface area contributed by atoms with Gasteiger partial charge in [-0.2, -0.15) is 0 Å². The third kappa shape index (κ3) is 3.47. The van der Waals surface area contributed by atoms with Crippen LogP contribution in [0.3, 0.4) is 0 Å². The van der Waals surface area contributed by atoms with Crippen LogP contribution in [-0.2, 0) is 0 Å². The number of aromatic nitrogens is 2. The summed E-state index contributed by atoms with van der Waals surface area (Å²) in [6.45, 7) is 2.20. The van der Waals surface area contributed by atoms with Gasteiger partial charge in [-0.1, -0.05) is 41.7 Å². The number of rotatable bonds is 4. The number of thiazole rings is 1. The monoisotopic (exact) mass is 336 g/mol. The Hall–Kier alpha value is -2.24. The average Bonchev–Trinajstić information content (AvgIpc) is 3.12. The van der Waals surface area contributed by atoms with Crippen molar-refractivity contribution in [2.45, 2.75) is 18.8 Å². The molecule has 5 heteroatoms. The molecule has 0 saturated carbocycles. The molecule has 24 heavy (non-hydrogen) atoms. The molecule has 0 atom stereocenters. The van der Waals surface area contributed by atoms with Gasteiger partial charge in [0.05, 0.1) is 4.88 Å². The van der Waals surface area contributed by atoms with Crippen LogP contribution in [0.25, 0.3) is 10.4 Å². The third-order valence-electron chi connectivity index (χ3n) is 4.39. The van der Waals surface area contributed by atoms with E-state index in [1.54, 1.807) is 11.3 Å². The van der Waals surface area contributed by atoms with Crippen LogP contribution in [0.15, 0.2) is 54.9 Å². The minimum Gasteiger partial charge on any atom is -0.317 e. The Morgan fingerprint density at radius 3 is 2.71 bits per heavy atom. The van der Waals surface area contributed by atoms with E-state index in [0.29, 0.717) is 5.92 Å². The van der Waals surface area contributed by atoms with Crippen molar-refractivity contribution in [3.63, 3.8) is 0 Å². The van der Waals surface area contributed by atoms with Crippen molar-refractivity contribution in [3.05, 3.63) is 60.4 Å². The fraction of sp³-hybridized carbons (Fsp3) is 0.263. The number of nitrogens with one attached hydrogen (secondary N) is 2. The van der Waals surface area contributed by atoms with Crippen molar-refractivity contribution in [1.29, 1.82) is 0 Å². The van der Waals surface area contributed by atoms with Crippen molar-refractivity contribution in [2.75, 3.05) is 18.4 Å². The third-order valence-corrected chi connectivity index (χ3v) is 5.36. The average molecular weight is 336 g/mol. The summed E-state index contributed by atoms with van der Waals surface area (Å²) in [6, 6.07) is 14.6. The maximum absolute atomic E-state index is 4.49. The zero-order valence-corrected chi connectivity index (χ0v) is 14.2. The second-order valence-corrected chi connectivity index (χ2v) is 7.05. The fourth-order valence-electron chi connectivity index (χ4n) is 3.10. The molecule has 4 rings (SSSR count). The van der Waals surface area contributed by atoms with Gasteiger partial charge in [-0.3, -0.25) is 0 Å². The number of benzene rings is 1. The number of hydrogen-bond acceptors (Lipinski definition) is 5. The van der Waals surface area contributed by atoms with Crippen molar-refractivity contribution in [1.82, 2.24) is 15.3 Å². The maximum Gasteiger partial charge on any atom is 0.188 e. The van der Waals surface area contributed by atoms with Gasteiger partial charge < -0.3 is 10.6 Å². The molecule has 1 aliphatic heterocycles. The molecule has 0 amide bonds. The molecule has 2 aromatic heterocycles. The second kappa shape index (κ2) is 7.11. The maximum atomic E-state index is 4.49. The van der Waals surface area contributed by atoms with Crippen molar-refractivity contribution in [3.8, 4) is 10.4 Å². The van der Waals surface area contributed by atoms with Gasteiger partial charge in [0.2, 0.25) is 0 Å². The van der Waals surface area contributed by atoms with E-state index in [2.05, 4.69) is 44.9 Å². The smallest absolute Gasteiger partial charge is 0.188 e. The Bertz CT molecular complexity index is 794. The molecule has 4 nitrogen and oxygen atoms in total. The van der Waals surface area contributed by atoms with E-state index in [-0.39, 0.29) is 0 Å². The summed E-state index contributed by atoms with van der Waals surface area (Å²) in [5, 5.41) is 7.65. The normalized spacial score (nSPS) is 15.3. The lowest BCUT2D eigenvalue weighted by atomic mass is 9.91. The van der Waals surface area contributed by atoms with Crippen molar-refractivity contribution in [2.24, 2.45) is 0 Å². The molecule has 3 heterocycles. The van der Waals surface area contributed by atoms with Crippen LogP contribution in [-0.4, -0.2) is 23.1 Å². The van der Waals surface area contributed by atoms with Gasteiger partial charge in [0.1, 0.15) is 5.82 Å². The Morgan fingerprint density at radius 1 is 1.04 bits per heavy atom. The number of nitrogens with zero attached hydrogens (tertiary/aromatic N) is 2. The zero-order valence-electron chi connectivity index (χ0n) is 13.4. The van der Waals surface area contributed by atoms with E-state index in [9.17, 15) is 0 Å². The molecule has 122 valence electrons. The van der Waals surface area contributed by atoms with Gasteiger partial charge in [-0.15, -0.1) is 0 Å². The summed E-state index contributed by atoms with van der Waals surface area (Å²) in [7, 11) is 0. The summed E-state index contributed by atoms with van der Waals surface area (Å²) < 4.78 is 0. The van der Waals surface area contributed by atoms with Crippen LogP contribution >= 0.6 is 11.3 Å². The van der Waals surface area contributed by atoms with Crippen LogP contribution in [0, 0.1) is 0 Å². The standard InChI is InChI=1S/C19H20N4S/c1-2-4-15(5-3-1)17-13-22-19(24-17)23-18-12-16(8-11-21-18)14-6-9-20-10-7-14/h1-5,8,11-14,20H,6-7,9-10H2,(H,21,22,23). The lowest BCUT2D eigenvalue weighted by Gasteiger charge is -2.23. The van der Waals surface area contributed by atoms with Crippen molar-refractivity contribution < 1.29 is 0 Å². The summed E-state index contributed by atoms with van der Waals surface area (Å²) in [6.07, 6.45) is 6.20. The van der Waals surface area contributed by atoms with Gasteiger partial charge in [0, 0.05) is 12.4 Å². The fourth-order valence-corrected chi connectivity index (χ4v) is 3.93. The first-order valence-corrected chi connectivity index (χ1v) is 9.15. The SMILES string of the molecule is c1ccc(-c2cnc(Nc3cc(C4CCNCC4)ccn3)s2)cc1. The molecule has 0 spiro atoms. The Labute approximate surface area is 146 Å². The molecule has 1 fully saturated rings. The van der Waals surface area contributed by atoms with E-state index in [4.69, 9.17) is 0 Å². The van der Waals surface area contributed by atoms with Crippen LogP contribution in [0.4, 0.5) is 10.9 Å². The van der Waals surface area contributed by atoms with E-state index in [1.807, 2.05) is 30.6 Å². The molecule has 1 aromatic carbocycles. The molecular weight excluding hydrogens is 316 g/mol. The van der Waals surface area contributed by atoms with Gasteiger partial charge in [-0.05, 0) is 55.1 Å². The minimum atomic E-state index is 0.631. The highest BCUT2D eigenvalue weighted by Gasteiger charge is 2.15. The predicted octanol–water partition coefficient (Wildman–Crippen LogP) is 4.42. The van der Waals surface area contributed by atoms with E-state index in [0.717, 1.165) is 28.9 Å². The molecule has 0 unspecified atom stereocenters. The van der Waals surface area contributed by atoms with E-state index < -0.39 is 0 Å². The quantitative estimate of drug-likeness (QED) is 0.741. The minimum absolute atomic E-state index is 0.631. The zero-order chi connectivity index (χ0) is 16.2. The Kier molecular flexibility index (Phi) is 4.53. The predicted molar refractivity (Wildman–Crippen MR) is 99.9 cm³/mol. The molecule has 3 aromatic rings. The Morgan fingerprint density at radius 2 is 1.88 bits per heavy atom. The first kappa shape index (κ1) is 15.3. The first-order chi connectivity index (χ1) is 11.9. The summed E-state index contributed by atoms with van der Waals surface area (Å²) in [5.41, 5.74) is 2.56. The molecule has 0 aliphatic carbocycles. The van der Waals surface area contributed by atoms with Gasteiger partial charge in [0.15, 0.2) is 5.13 Å².